The summed E-state index contributed by atoms with van der Waals surface area (Å²) < 4.78 is 28.3. The summed E-state index contributed by atoms with van der Waals surface area (Å²) in [5.41, 5.74) is 2.29. The Balaban J connectivity index is 0.00000576. The SMILES string of the molecule is CCNC(=NCCS(=O)(=O)CC)NCCc1ccc(C)c(OC)c1.I. The summed E-state index contributed by atoms with van der Waals surface area (Å²) in [6.07, 6.45) is 0.828. The van der Waals surface area contributed by atoms with Crippen LogP contribution in [0.1, 0.15) is 25.0 Å². The fourth-order valence-corrected chi connectivity index (χ4v) is 2.79. The Bertz CT molecular complexity index is 649. The fourth-order valence-electron chi connectivity index (χ4n) is 2.13. The Hall–Kier alpha value is -1.03. The Morgan fingerprint density at radius 3 is 2.56 bits per heavy atom. The summed E-state index contributed by atoms with van der Waals surface area (Å²) in [6.45, 7) is 7.34. The van der Waals surface area contributed by atoms with Crippen LogP contribution in [0.4, 0.5) is 0 Å². The van der Waals surface area contributed by atoms with Gasteiger partial charge in [0.1, 0.15) is 5.75 Å². The molecule has 0 unspecified atom stereocenters. The van der Waals surface area contributed by atoms with Crippen LogP contribution in [-0.2, 0) is 16.3 Å². The smallest absolute Gasteiger partial charge is 0.191 e. The van der Waals surface area contributed by atoms with Crippen molar-refractivity contribution < 1.29 is 13.2 Å². The van der Waals surface area contributed by atoms with Crippen molar-refractivity contribution in [3.05, 3.63) is 29.3 Å². The van der Waals surface area contributed by atoms with E-state index in [0.29, 0.717) is 12.5 Å². The minimum atomic E-state index is -2.98. The number of sulfone groups is 1. The van der Waals surface area contributed by atoms with Crippen LogP contribution in [0.5, 0.6) is 5.75 Å². The van der Waals surface area contributed by atoms with Crippen LogP contribution in [0.15, 0.2) is 23.2 Å². The lowest BCUT2D eigenvalue weighted by Crippen LogP contribution is -2.38. The molecule has 0 heterocycles. The van der Waals surface area contributed by atoms with Gasteiger partial charge in [0.15, 0.2) is 15.8 Å². The van der Waals surface area contributed by atoms with Gasteiger partial charge in [0.05, 0.1) is 19.4 Å². The molecule has 0 saturated carbocycles. The Morgan fingerprint density at radius 1 is 1.24 bits per heavy atom. The molecule has 0 spiro atoms. The van der Waals surface area contributed by atoms with E-state index in [1.54, 1.807) is 14.0 Å². The first kappa shape index (κ1) is 24.0. The van der Waals surface area contributed by atoms with E-state index >= 15 is 0 Å². The molecule has 0 bridgehead atoms. The van der Waals surface area contributed by atoms with Gasteiger partial charge in [0.2, 0.25) is 0 Å². The quantitative estimate of drug-likeness (QED) is 0.320. The molecule has 1 rings (SSSR count). The van der Waals surface area contributed by atoms with E-state index in [-0.39, 0.29) is 42.0 Å². The summed E-state index contributed by atoms with van der Waals surface area (Å²) in [4.78, 5) is 4.32. The maximum atomic E-state index is 11.5. The zero-order valence-electron chi connectivity index (χ0n) is 15.5. The van der Waals surface area contributed by atoms with E-state index in [1.807, 2.05) is 26.0 Å². The number of nitrogens with zero attached hydrogens (tertiary/aromatic N) is 1. The molecule has 0 radical (unpaired) electrons. The third-order valence-electron chi connectivity index (χ3n) is 3.63. The second-order valence-electron chi connectivity index (χ2n) is 5.48. The van der Waals surface area contributed by atoms with Crippen molar-refractivity contribution in [1.82, 2.24) is 10.6 Å². The van der Waals surface area contributed by atoms with Crippen LogP contribution in [0, 0.1) is 6.92 Å². The molecular weight excluding hydrogens is 453 g/mol. The van der Waals surface area contributed by atoms with Crippen LogP contribution in [-0.4, -0.2) is 52.6 Å². The summed E-state index contributed by atoms with van der Waals surface area (Å²) in [6, 6.07) is 6.16. The molecule has 0 atom stereocenters. The summed E-state index contributed by atoms with van der Waals surface area (Å²) in [7, 11) is -1.31. The molecule has 0 aliphatic rings. The lowest BCUT2D eigenvalue weighted by Gasteiger charge is -2.12. The highest BCUT2D eigenvalue weighted by Gasteiger charge is 2.06. The summed E-state index contributed by atoms with van der Waals surface area (Å²) >= 11 is 0. The number of aliphatic imine (C=N–C) groups is 1. The van der Waals surface area contributed by atoms with Crippen molar-refractivity contribution >= 4 is 39.8 Å². The lowest BCUT2D eigenvalue weighted by atomic mass is 10.1. The highest BCUT2D eigenvalue weighted by molar-refractivity contribution is 14.0. The zero-order chi connectivity index (χ0) is 18.0. The number of hydrogen-bond donors (Lipinski definition) is 2. The van der Waals surface area contributed by atoms with Crippen LogP contribution in [0.3, 0.4) is 0 Å². The van der Waals surface area contributed by atoms with Crippen molar-refractivity contribution in [2.24, 2.45) is 4.99 Å². The van der Waals surface area contributed by atoms with Crippen LogP contribution in [0.2, 0.25) is 0 Å². The summed E-state index contributed by atoms with van der Waals surface area (Å²) in [5, 5.41) is 6.35. The van der Waals surface area contributed by atoms with E-state index in [9.17, 15) is 8.42 Å². The normalized spacial score (nSPS) is 11.6. The van der Waals surface area contributed by atoms with Crippen LogP contribution >= 0.6 is 24.0 Å². The highest BCUT2D eigenvalue weighted by atomic mass is 127. The second kappa shape index (κ2) is 12.3. The molecule has 1 aromatic rings. The highest BCUT2D eigenvalue weighted by Crippen LogP contribution is 2.18. The standard InChI is InChI=1S/C17H29N3O3S.HI/c1-5-18-17(20-11-12-24(21,22)6-2)19-10-9-15-8-7-14(3)16(13-15)23-4;/h7-8,13H,5-6,9-12H2,1-4H3,(H2,18,19,20);1H. The molecular formula is C17H30IN3O3S. The van der Waals surface area contributed by atoms with Gasteiger partial charge < -0.3 is 15.4 Å². The number of halogens is 1. The number of methoxy groups -OCH3 is 1. The molecule has 0 fully saturated rings. The monoisotopic (exact) mass is 483 g/mol. The first-order valence-electron chi connectivity index (χ1n) is 8.28. The minimum Gasteiger partial charge on any atom is -0.496 e. The predicted octanol–water partition coefficient (Wildman–Crippen LogP) is 2.15. The van der Waals surface area contributed by atoms with Gasteiger partial charge in [0.25, 0.3) is 0 Å². The van der Waals surface area contributed by atoms with E-state index < -0.39 is 9.84 Å². The molecule has 1 aromatic carbocycles. The molecule has 2 N–H and O–H groups in total. The largest absolute Gasteiger partial charge is 0.496 e. The van der Waals surface area contributed by atoms with Gasteiger partial charge in [-0.1, -0.05) is 19.1 Å². The van der Waals surface area contributed by atoms with Crippen LogP contribution in [0.25, 0.3) is 0 Å². The lowest BCUT2D eigenvalue weighted by molar-refractivity contribution is 0.411. The number of rotatable bonds is 9. The minimum absolute atomic E-state index is 0. The number of hydrogen-bond acceptors (Lipinski definition) is 4. The molecule has 0 aromatic heterocycles. The van der Waals surface area contributed by atoms with Crippen molar-refractivity contribution in [1.29, 1.82) is 0 Å². The van der Waals surface area contributed by atoms with Gasteiger partial charge in [-0.2, -0.15) is 0 Å². The van der Waals surface area contributed by atoms with Gasteiger partial charge >= 0.3 is 0 Å². The van der Waals surface area contributed by atoms with Gasteiger partial charge in [-0.15, -0.1) is 24.0 Å². The van der Waals surface area contributed by atoms with Gasteiger partial charge in [-0.3, -0.25) is 4.99 Å². The van der Waals surface area contributed by atoms with Crippen LogP contribution < -0.4 is 15.4 Å². The molecule has 144 valence electrons. The first-order chi connectivity index (χ1) is 11.4. The van der Waals surface area contributed by atoms with E-state index in [4.69, 9.17) is 4.74 Å². The molecule has 0 aliphatic heterocycles. The molecule has 0 saturated heterocycles. The number of nitrogens with one attached hydrogen (secondary N) is 2. The van der Waals surface area contributed by atoms with Crippen molar-refractivity contribution in [2.75, 3.05) is 38.2 Å². The topological polar surface area (TPSA) is 79.8 Å². The predicted molar refractivity (Wildman–Crippen MR) is 115 cm³/mol. The average molecular weight is 483 g/mol. The van der Waals surface area contributed by atoms with Gasteiger partial charge in [-0.25, -0.2) is 8.42 Å². The number of benzene rings is 1. The Labute approximate surface area is 168 Å². The van der Waals surface area contributed by atoms with Gasteiger partial charge in [-0.05, 0) is 37.5 Å². The third kappa shape index (κ3) is 9.29. The van der Waals surface area contributed by atoms with Crippen molar-refractivity contribution in [3.8, 4) is 5.75 Å². The second-order valence-corrected chi connectivity index (χ2v) is 7.95. The molecule has 0 amide bonds. The van der Waals surface area contributed by atoms with Crippen molar-refractivity contribution in [2.45, 2.75) is 27.2 Å². The average Bonchev–Trinajstić information content (AvgIpc) is 2.56. The maximum Gasteiger partial charge on any atom is 0.191 e. The van der Waals surface area contributed by atoms with E-state index in [2.05, 4.69) is 21.7 Å². The summed E-state index contributed by atoms with van der Waals surface area (Å²) in [5.74, 6) is 1.76. The molecule has 8 heteroatoms. The van der Waals surface area contributed by atoms with E-state index in [1.165, 1.54) is 5.56 Å². The third-order valence-corrected chi connectivity index (χ3v) is 5.32. The van der Waals surface area contributed by atoms with Gasteiger partial charge in [0, 0.05) is 18.8 Å². The number of guanidine groups is 1. The maximum absolute atomic E-state index is 11.5. The first-order valence-corrected chi connectivity index (χ1v) is 10.1. The number of ether oxygens (including phenoxy) is 1. The Kier molecular flexibility index (Phi) is 11.8. The molecule has 6 nitrogen and oxygen atoms in total. The van der Waals surface area contributed by atoms with Crippen molar-refractivity contribution in [3.63, 3.8) is 0 Å². The number of aryl methyl sites for hydroxylation is 1. The zero-order valence-corrected chi connectivity index (χ0v) is 18.6. The van der Waals surface area contributed by atoms with E-state index in [0.717, 1.165) is 24.3 Å². The Morgan fingerprint density at radius 2 is 1.96 bits per heavy atom. The molecule has 25 heavy (non-hydrogen) atoms. The fraction of sp³-hybridized carbons (Fsp3) is 0.588. The molecule has 0 aliphatic carbocycles.